The molecule has 2 heterocycles. The molecule has 1 atom stereocenters. The van der Waals surface area contributed by atoms with E-state index in [2.05, 4.69) is 34.1 Å². The fraction of sp³-hybridized carbons (Fsp3) is 0.467. The van der Waals surface area contributed by atoms with E-state index in [1.807, 2.05) is 12.1 Å². The zero-order valence-electron chi connectivity index (χ0n) is 11.7. The third-order valence-corrected chi connectivity index (χ3v) is 3.80. The van der Waals surface area contributed by atoms with Crippen LogP contribution in [-0.2, 0) is 6.54 Å². The number of aromatic nitrogens is 2. The quantitative estimate of drug-likeness (QED) is 0.919. The van der Waals surface area contributed by atoms with Crippen molar-refractivity contribution in [2.75, 3.05) is 19.6 Å². The van der Waals surface area contributed by atoms with Crippen molar-refractivity contribution in [3.63, 3.8) is 0 Å². The van der Waals surface area contributed by atoms with Gasteiger partial charge in [0.2, 0.25) is 0 Å². The van der Waals surface area contributed by atoms with Gasteiger partial charge in [-0.05, 0) is 44.5 Å². The fourth-order valence-electron chi connectivity index (χ4n) is 2.66. The third-order valence-electron chi connectivity index (χ3n) is 3.80. The lowest BCUT2D eigenvalue weighted by molar-refractivity contribution is 0.301. The van der Waals surface area contributed by atoms with E-state index in [-0.39, 0.29) is 0 Å². The first kappa shape index (κ1) is 13.3. The summed E-state index contributed by atoms with van der Waals surface area (Å²) in [5.41, 5.74) is 7.87. The van der Waals surface area contributed by atoms with Crippen LogP contribution in [0.1, 0.15) is 17.8 Å². The van der Waals surface area contributed by atoms with Crippen LogP contribution in [-0.4, -0.2) is 34.7 Å². The topological polar surface area (TPSA) is 68.2 Å². The summed E-state index contributed by atoms with van der Waals surface area (Å²) < 4.78 is 5.36. The Morgan fingerprint density at radius 3 is 3.10 bits per heavy atom. The maximum absolute atomic E-state index is 5.71. The van der Waals surface area contributed by atoms with Crippen molar-refractivity contribution in [1.29, 1.82) is 0 Å². The van der Waals surface area contributed by atoms with Gasteiger partial charge >= 0.3 is 0 Å². The number of aryl methyl sites for hydroxylation is 1. The number of hydrogen-bond acceptors (Lipinski definition) is 5. The highest BCUT2D eigenvalue weighted by Crippen LogP contribution is 2.20. The predicted octanol–water partition coefficient (Wildman–Crippen LogP) is 1.83. The summed E-state index contributed by atoms with van der Waals surface area (Å²) in [6.45, 7) is 5.65. The molecule has 3 rings (SSSR count). The van der Waals surface area contributed by atoms with E-state index in [0.29, 0.717) is 11.8 Å². The van der Waals surface area contributed by atoms with Crippen molar-refractivity contribution in [1.82, 2.24) is 15.0 Å². The molecule has 1 saturated heterocycles. The Morgan fingerprint density at radius 1 is 1.45 bits per heavy atom. The third kappa shape index (κ3) is 2.89. The Hall–Kier alpha value is -1.72. The summed E-state index contributed by atoms with van der Waals surface area (Å²) in [5.74, 6) is 1.95. The highest BCUT2D eigenvalue weighted by atomic mass is 16.5. The Kier molecular flexibility index (Phi) is 3.80. The SMILES string of the molecule is Cc1cccc(-c2nc(CN3CCC(CN)C3)no2)c1. The van der Waals surface area contributed by atoms with Crippen molar-refractivity contribution in [3.8, 4) is 11.5 Å². The average Bonchev–Trinajstić information content (AvgIpc) is 3.08. The van der Waals surface area contributed by atoms with Crippen LogP contribution in [0, 0.1) is 12.8 Å². The largest absolute Gasteiger partial charge is 0.334 e. The predicted molar refractivity (Wildman–Crippen MR) is 76.9 cm³/mol. The first-order valence-electron chi connectivity index (χ1n) is 7.06. The zero-order valence-corrected chi connectivity index (χ0v) is 11.7. The summed E-state index contributed by atoms with van der Waals surface area (Å²) in [5, 5.41) is 4.08. The van der Waals surface area contributed by atoms with Gasteiger partial charge in [-0.3, -0.25) is 4.90 Å². The summed E-state index contributed by atoms with van der Waals surface area (Å²) in [7, 11) is 0. The van der Waals surface area contributed by atoms with Crippen molar-refractivity contribution in [2.24, 2.45) is 11.7 Å². The summed E-state index contributed by atoms with van der Waals surface area (Å²) in [6.07, 6.45) is 1.17. The van der Waals surface area contributed by atoms with Gasteiger partial charge in [-0.1, -0.05) is 22.9 Å². The van der Waals surface area contributed by atoms with Gasteiger partial charge in [-0.25, -0.2) is 0 Å². The Bertz CT molecular complexity index is 581. The molecule has 0 bridgehead atoms. The molecule has 1 fully saturated rings. The van der Waals surface area contributed by atoms with E-state index in [1.165, 1.54) is 12.0 Å². The van der Waals surface area contributed by atoms with Crippen LogP contribution in [0.15, 0.2) is 28.8 Å². The van der Waals surface area contributed by atoms with Gasteiger partial charge in [0, 0.05) is 12.1 Å². The van der Waals surface area contributed by atoms with E-state index in [9.17, 15) is 0 Å². The lowest BCUT2D eigenvalue weighted by Gasteiger charge is -2.12. The van der Waals surface area contributed by atoms with Crippen molar-refractivity contribution >= 4 is 0 Å². The molecule has 0 saturated carbocycles. The number of nitrogens with two attached hydrogens (primary N) is 1. The van der Waals surface area contributed by atoms with Crippen LogP contribution in [0.5, 0.6) is 0 Å². The average molecular weight is 272 g/mol. The zero-order chi connectivity index (χ0) is 13.9. The Morgan fingerprint density at radius 2 is 2.35 bits per heavy atom. The lowest BCUT2D eigenvalue weighted by Crippen LogP contribution is -2.23. The molecular weight excluding hydrogens is 252 g/mol. The Labute approximate surface area is 118 Å². The van der Waals surface area contributed by atoms with Gasteiger partial charge < -0.3 is 10.3 Å². The van der Waals surface area contributed by atoms with Crippen LogP contribution >= 0.6 is 0 Å². The van der Waals surface area contributed by atoms with Crippen LogP contribution < -0.4 is 5.73 Å². The molecule has 1 aliphatic rings. The lowest BCUT2D eigenvalue weighted by atomic mass is 10.1. The van der Waals surface area contributed by atoms with E-state index in [4.69, 9.17) is 10.3 Å². The second kappa shape index (κ2) is 5.73. The van der Waals surface area contributed by atoms with Crippen LogP contribution in [0.2, 0.25) is 0 Å². The smallest absolute Gasteiger partial charge is 0.257 e. The number of benzene rings is 1. The van der Waals surface area contributed by atoms with Crippen LogP contribution in [0.3, 0.4) is 0 Å². The molecule has 1 unspecified atom stereocenters. The fourth-order valence-corrected chi connectivity index (χ4v) is 2.66. The molecule has 2 N–H and O–H groups in total. The van der Waals surface area contributed by atoms with Gasteiger partial charge in [-0.2, -0.15) is 4.98 Å². The van der Waals surface area contributed by atoms with Crippen LogP contribution in [0.4, 0.5) is 0 Å². The van der Waals surface area contributed by atoms with Gasteiger partial charge in [0.15, 0.2) is 5.82 Å². The number of nitrogens with zero attached hydrogens (tertiary/aromatic N) is 3. The van der Waals surface area contributed by atoms with E-state index < -0.39 is 0 Å². The number of hydrogen-bond donors (Lipinski definition) is 1. The molecule has 0 spiro atoms. The molecule has 1 aliphatic heterocycles. The molecule has 0 amide bonds. The monoisotopic (exact) mass is 272 g/mol. The minimum Gasteiger partial charge on any atom is -0.334 e. The molecule has 1 aromatic heterocycles. The molecule has 2 aromatic rings. The maximum Gasteiger partial charge on any atom is 0.257 e. The number of rotatable bonds is 4. The first-order chi connectivity index (χ1) is 9.74. The van der Waals surface area contributed by atoms with Gasteiger partial charge in [0.05, 0.1) is 6.54 Å². The van der Waals surface area contributed by atoms with Gasteiger partial charge in [0.25, 0.3) is 5.89 Å². The molecule has 0 radical (unpaired) electrons. The minimum atomic E-state index is 0.596. The van der Waals surface area contributed by atoms with Gasteiger partial charge in [0.1, 0.15) is 0 Å². The van der Waals surface area contributed by atoms with E-state index >= 15 is 0 Å². The summed E-state index contributed by atoms with van der Waals surface area (Å²) in [6, 6.07) is 8.10. The molecule has 106 valence electrons. The molecule has 0 aliphatic carbocycles. The molecule has 5 heteroatoms. The van der Waals surface area contributed by atoms with Gasteiger partial charge in [-0.15, -0.1) is 0 Å². The first-order valence-corrected chi connectivity index (χ1v) is 7.06. The second-order valence-corrected chi connectivity index (χ2v) is 5.51. The molecular formula is C15H20N4O. The highest BCUT2D eigenvalue weighted by molar-refractivity contribution is 5.53. The molecule has 20 heavy (non-hydrogen) atoms. The number of likely N-dealkylation sites (tertiary alicyclic amines) is 1. The standard InChI is InChI=1S/C15H20N4O/c1-11-3-2-4-13(7-11)15-17-14(18-20-15)10-19-6-5-12(8-16)9-19/h2-4,7,12H,5-6,8-10,16H2,1H3. The summed E-state index contributed by atoms with van der Waals surface area (Å²) >= 11 is 0. The highest BCUT2D eigenvalue weighted by Gasteiger charge is 2.22. The maximum atomic E-state index is 5.71. The van der Waals surface area contributed by atoms with Crippen LogP contribution in [0.25, 0.3) is 11.5 Å². The molecule has 5 nitrogen and oxygen atoms in total. The van der Waals surface area contributed by atoms with Crippen molar-refractivity contribution < 1.29 is 4.52 Å². The van der Waals surface area contributed by atoms with Crippen molar-refractivity contribution in [2.45, 2.75) is 19.9 Å². The van der Waals surface area contributed by atoms with Crippen molar-refractivity contribution in [3.05, 3.63) is 35.7 Å². The van der Waals surface area contributed by atoms with E-state index in [1.54, 1.807) is 0 Å². The minimum absolute atomic E-state index is 0.596. The normalized spacial score (nSPS) is 19.6. The van der Waals surface area contributed by atoms with E-state index in [0.717, 1.165) is 37.6 Å². The molecule has 1 aromatic carbocycles. The second-order valence-electron chi connectivity index (χ2n) is 5.51. The Balaban J connectivity index is 1.68. The summed E-state index contributed by atoms with van der Waals surface area (Å²) in [4.78, 5) is 6.82.